The maximum atomic E-state index is 12.9. The van der Waals surface area contributed by atoms with Crippen LogP contribution in [0.5, 0.6) is 0 Å². The van der Waals surface area contributed by atoms with Crippen LogP contribution >= 0.6 is 0 Å². The number of fused-ring (bicyclic) bond motifs is 1. The number of cyclic esters (lactones) is 1. The fourth-order valence-corrected chi connectivity index (χ4v) is 3.33. The van der Waals surface area contributed by atoms with Crippen molar-refractivity contribution in [1.29, 1.82) is 0 Å². The average Bonchev–Trinajstić information content (AvgIpc) is 3.23. The van der Waals surface area contributed by atoms with Crippen LogP contribution in [0.15, 0.2) is 60.9 Å². The van der Waals surface area contributed by atoms with E-state index in [0.717, 1.165) is 11.1 Å². The molecule has 0 unspecified atom stereocenters. The third-order valence-corrected chi connectivity index (χ3v) is 4.70. The Morgan fingerprint density at radius 1 is 1.26 bits per heavy atom. The second-order valence-corrected chi connectivity index (χ2v) is 6.34. The summed E-state index contributed by atoms with van der Waals surface area (Å²) in [6.45, 7) is 2.37. The molecule has 0 saturated carbocycles. The molecule has 1 atom stereocenters. The van der Waals surface area contributed by atoms with Gasteiger partial charge in [-0.2, -0.15) is 0 Å². The summed E-state index contributed by atoms with van der Waals surface area (Å²) in [5, 5.41) is 0. The molecule has 2 heterocycles. The highest BCUT2D eigenvalue weighted by atomic mass is 16.5. The van der Waals surface area contributed by atoms with Crippen LogP contribution in [0, 0.1) is 0 Å². The number of hydrogen-bond acceptors (Lipinski definition) is 4. The largest absolute Gasteiger partial charge is 0.454 e. The smallest absolute Gasteiger partial charge is 0.339 e. The highest BCUT2D eigenvalue weighted by molar-refractivity contribution is 6.06. The van der Waals surface area contributed by atoms with E-state index in [1.54, 1.807) is 35.5 Å². The van der Waals surface area contributed by atoms with Crippen LogP contribution in [0.3, 0.4) is 0 Å². The second kappa shape index (κ2) is 7.07. The molecule has 0 bridgehead atoms. The topological polar surface area (TPSA) is 75.3 Å². The van der Waals surface area contributed by atoms with Crippen LogP contribution in [-0.4, -0.2) is 28.4 Å². The fourth-order valence-electron chi connectivity index (χ4n) is 3.33. The highest BCUT2D eigenvalue weighted by Gasteiger charge is 2.29. The van der Waals surface area contributed by atoms with Gasteiger partial charge in [0.15, 0.2) is 0 Å². The van der Waals surface area contributed by atoms with Crippen LogP contribution in [-0.2, 0) is 11.2 Å². The van der Waals surface area contributed by atoms with Crippen molar-refractivity contribution in [1.82, 2.24) is 9.97 Å². The lowest BCUT2D eigenvalue weighted by atomic mass is 9.93. The summed E-state index contributed by atoms with van der Waals surface area (Å²) in [6.07, 6.45) is 3.49. The summed E-state index contributed by atoms with van der Waals surface area (Å²) in [5.74, 6) is -0.0188. The van der Waals surface area contributed by atoms with E-state index in [-0.39, 0.29) is 18.0 Å². The molecule has 6 nitrogen and oxygen atoms in total. The summed E-state index contributed by atoms with van der Waals surface area (Å²) in [6, 6.07) is 14.8. The first-order chi connectivity index (χ1) is 13.2. The Bertz CT molecular complexity index is 968. The molecule has 6 heteroatoms. The number of anilines is 1. The number of amides is 1. The van der Waals surface area contributed by atoms with Crippen LogP contribution in [0.4, 0.5) is 5.95 Å². The number of benzene rings is 2. The van der Waals surface area contributed by atoms with Crippen molar-refractivity contribution >= 4 is 17.8 Å². The molecule has 136 valence electrons. The summed E-state index contributed by atoms with van der Waals surface area (Å²) >= 11 is 0. The van der Waals surface area contributed by atoms with Gasteiger partial charge in [0.2, 0.25) is 5.95 Å². The first kappa shape index (κ1) is 17.0. The molecule has 0 aliphatic carbocycles. The lowest BCUT2D eigenvalue weighted by molar-refractivity contribution is 0.0252. The van der Waals surface area contributed by atoms with Crippen molar-refractivity contribution in [2.75, 3.05) is 11.4 Å². The molecule has 1 aromatic heterocycles. The maximum Gasteiger partial charge on any atom is 0.339 e. The average molecular weight is 361 g/mol. The van der Waals surface area contributed by atoms with E-state index in [0.29, 0.717) is 30.0 Å². The van der Waals surface area contributed by atoms with Gasteiger partial charge in [0.25, 0.3) is 5.91 Å². The number of nitrogens with one attached hydrogen (secondary N) is 1. The summed E-state index contributed by atoms with van der Waals surface area (Å²) in [4.78, 5) is 34.0. The highest BCUT2D eigenvalue weighted by Crippen LogP contribution is 2.31. The number of carbonyl (C=O) groups is 2. The van der Waals surface area contributed by atoms with E-state index in [2.05, 4.69) is 9.97 Å². The molecule has 1 amide bonds. The molecule has 1 aliphatic heterocycles. The minimum atomic E-state index is -0.359. The Kier molecular flexibility index (Phi) is 4.46. The quantitative estimate of drug-likeness (QED) is 0.722. The predicted molar refractivity (Wildman–Crippen MR) is 101 cm³/mol. The monoisotopic (exact) mass is 361 g/mol. The number of rotatable bonds is 4. The number of aromatic nitrogens is 2. The van der Waals surface area contributed by atoms with Gasteiger partial charge in [-0.05, 0) is 36.2 Å². The number of H-pyrrole nitrogens is 1. The molecular weight excluding hydrogens is 342 g/mol. The van der Waals surface area contributed by atoms with Gasteiger partial charge in [-0.25, -0.2) is 9.78 Å². The Hall–Kier alpha value is -3.41. The second-order valence-electron chi connectivity index (χ2n) is 6.34. The molecule has 0 radical (unpaired) electrons. The molecule has 4 rings (SSSR count). The van der Waals surface area contributed by atoms with Gasteiger partial charge >= 0.3 is 5.97 Å². The third kappa shape index (κ3) is 3.21. The van der Waals surface area contributed by atoms with Gasteiger partial charge in [-0.3, -0.25) is 9.69 Å². The normalized spacial score (nSPS) is 15.7. The predicted octanol–water partition coefficient (Wildman–Crippen LogP) is 3.53. The molecule has 2 aromatic carbocycles. The molecule has 27 heavy (non-hydrogen) atoms. The van der Waals surface area contributed by atoms with Gasteiger partial charge in [0.1, 0.15) is 6.10 Å². The number of ether oxygens (including phenoxy) is 1. The Balaban J connectivity index is 1.65. The van der Waals surface area contributed by atoms with Gasteiger partial charge in [-0.15, -0.1) is 0 Å². The standard InChI is InChI=1S/C21H19N3O3/c1-2-24(21-22-10-11-23-21)19(25)15-8-9-17-16(12-15)13-18(27-20(17)26)14-6-4-3-5-7-14/h3-12,18H,2,13H2,1H3,(H,22,23)/t18-/m0/s1. The molecule has 0 saturated heterocycles. The maximum absolute atomic E-state index is 12.9. The van der Waals surface area contributed by atoms with Gasteiger partial charge in [0, 0.05) is 30.9 Å². The molecule has 3 aromatic rings. The van der Waals surface area contributed by atoms with Crippen molar-refractivity contribution in [3.8, 4) is 0 Å². The molecule has 1 aliphatic rings. The SMILES string of the molecule is CCN(C(=O)c1ccc2c(c1)C[C@@H](c1ccccc1)OC2=O)c1ncc[nH]1. The molecule has 0 fully saturated rings. The van der Waals surface area contributed by atoms with Crippen LogP contribution in [0.2, 0.25) is 0 Å². The summed E-state index contributed by atoms with van der Waals surface area (Å²) in [5.41, 5.74) is 2.80. The zero-order valence-corrected chi connectivity index (χ0v) is 14.9. The summed E-state index contributed by atoms with van der Waals surface area (Å²) in [7, 11) is 0. The molecule has 0 spiro atoms. The van der Waals surface area contributed by atoms with E-state index in [4.69, 9.17) is 4.74 Å². The van der Waals surface area contributed by atoms with Crippen molar-refractivity contribution in [2.24, 2.45) is 0 Å². The summed E-state index contributed by atoms with van der Waals surface area (Å²) < 4.78 is 5.58. The van der Waals surface area contributed by atoms with Crippen molar-refractivity contribution in [2.45, 2.75) is 19.4 Å². The zero-order chi connectivity index (χ0) is 18.8. The first-order valence-electron chi connectivity index (χ1n) is 8.87. The minimum Gasteiger partial charge on any atom is -0.454 e. The Labute approximate surface area is 156 Å². The number of carbonyl (C=O) groups excluding carboxylic acids is 2. The van der Waals surface area contributed by atoms with Crippen LogP contribution in [0.1, 0.15) is 44.9 Å². The number of imidazole rings is 1. The number of aromatic amines is 1. The van der Waals surface area contributed by atoms with E-state index in [1.807, 2.05) is 37.3 Å². The van der Waals surface area contributed by atoms with Crippen molar-refractivity contribution in [3.05, 3.63) is 83.2 Å². The van der Waals surface area contributed by atoms with Crippen molar-refractivity contribution < 1.29 is 14.3 Å². The van der Waals surface area contributed by atoms with E-state index < -0.39 is 0 Å². The lowest BCUT2D eigenvalue weighted by Crippen LogP contribution is -2.32. The van der Waals surface area contributed by atoms with E-state index in [9.17, 15) is 9.59 Å². The van der Waals surface area contributed by atoms with E-state index in [1.165, 1.54) is 0 Å². The Morgan fingerprint density at radius 2 is 2.07 bits per heavy atom. The minimum absolute atomic E-state index is 0.162. The zero-order valence-electron chi connectivity index (χ0n) is 14.9. The van der Waals surface area contributed by atoms with Crippen LogP contribution < -0.4 is 4.90 Å². The number of nitrogens with zero attached hydrogens (tertiary/aromatic N) is 2. The van der Waals surface area contributed by atoms with E-state index >= 15 is 0 Å². The molecule has 1 N–H and O–H groups in total. The lowest BCUT2D eigenvalue weighted by Gasteiger charge is -2.26. The first-order valence-corrected chi connectivity index (χ1v) is 8.87. The fraction of sp³-hybridized carbons (Fsp3) is 0.190. The molecular formula is C21H19N3O3. The van der Waals surface area contributed by atoms with Crippen molar-refractivity contribution in [3.63, 3.8) is 0 Å². The third-order valence-electron chi connectivity index (χ3n) is 4.70. The van der Waals surface area contributed by atoms with Crippen LogP contribution in [0.25, 0.3) is 0 Å². The van der Waals surface area contributed by atoms with Gasteiger partial charge < -0.3 is 9.72 Å². The Morgan fingerprint density at radius 3 is 2.78 bits per heavy atom. The van der Waals surface area contributed by atoms with Gasteiger partial charge in [-0.1, -0.05) is 30.3 Å². The van der Waals surface area contributed by atoms with Gasteiger partial charge in [0.05, 0.1) is 5.56 Å². The number of hydrogen-bond donors (Lipinski definition) is 1. The number of esters is 1.